The molecule has 0 aliphatic carbocycles. The molecule has 8 heteroatoms. The van der Waals surface area contributed by atoms with Crippen LogP contribution in [0.1, 0.15) is 26.0 Å². The van der Waals surface area contributed by atoms with Crippen molar-refractivity contribution in [3.8, 4) is 0 Å². The fraction of sp³-hybridized carbons (Fsp3) is 0.500. The van der Waals surface area contributed by atoms with Gasteiger partial charge in [-0.1, -0.05) is 11.6 Å². The zero-order valence-electron chi connectivity index (χ0n) is 12.3. The van der Waals surface area contributed by atoms with Crippen LogP contribution in [0.3, 0.4) is 0 Å². The predicted molar refractivity (Wildman–Crippen MR) is 78.8 cm³/mol. The largest absolute Gasteiger partial charge is 0.392 e. The van der Waals surface area contributed by atoms with Crippen molar-refractivity contribution < 1.29 is 14.2 Å². The van der Waals surface area contributed by atoms with Gasteiger partial charge in [-0.05, 0) is 19.8 Å². The standard InChI is InChI=1S/C14H18FN5O2/c1-9(7-21)4-5-16-12-11-13(19-14(15)18-12)20(8-17-11)10-3-2-6-22-10/h4,8,10,21H,2-3,5-7H2,1H3,(H,16,18,19)/b9-4+. The Hall–Kier alpha value is -2.06. The number of nitrogens with one attached hydrogen (secondary N) is 1. The second-order valence-electron chi connectivity index (χ2n) is 5.22. The minimum absolute atomic E-state index is 0.0110. The molecule has 118 valence electrons. The third-order valence-corrected chi connectivity index (χ3v) is 3.58. The molecule has 1 saturated heterocycles. The van der Waals surface area contributed by atoms with Crippen LogP contribution < -0.4 is 5.32 Å². The molecule has 0 saturated carbocycles. The highest BCUT2D eigenvalue weighted by Gasteiger charge is 2.22. The third kappa shape index (κ3) is 2.93. The van der Waals surface area contributed by atoms with E-state index >= 15 is 0 Å². The molecule has 0 bridgehead atoms. The zero-order chi connectivity index (χ0) is 15.5. The van der Waals surface area contributed by atoms with Crippen LogP contribution in [0, 0.1) is 6.08 Å². The third-order valence-electron chi connectivity index (χ3n) is 3.58. The van der Waals surface area contributed by atoms with Gasteiger partial charge in [0.2, 0.25) is 0 Å². The number of aromatic nitrogens is 4. The van der Waals surface area contributed by atoms with Crippen LogP contribution in [-0.2, 0) is 4.74 Å². The monoisotopic (exact) mass is 307 g/mol. The fourth-order valence-electron chi connectivity index (χ4n) is 2.39. The number of hydrogen-bond donors (Lipinski definition) is 2. The van der Waals surface area contributed by atoms with Crippen molar-refractivity contribution in [3.63, 3.8) is 0 Å². The van der Waals surface area contributed by atoms with Crippen molar-refractivity contribution in [3.05, 3.63) is 24.1 Å². The van der Waals surface area contributed by atoms with E-state index in [-0.39, 0.29) is 12.8 Å². The van der Waals surface area contributed by atoms with Gasteiger partial charge in [0.05, 0.1) is 12.9 Å². The van der Waals surface area contributed by atoms with E-state index in [1.165, 1.54) is 0 Å². The molecular weight excluding hydrogens is 289 g/mol. The first-order chi connectivity index (χ1) is 10.7. The molecule has 1 fully saturated rings. The summed E-state index contributed by atoms with van der Waals surface area (Å²) in [6.45, 7) is 2.91. The molecule has 0 radical (unpaired) electrons. The summed E-state index contributed by atoms with van der Waals surface area (Å²) in [5, 5.41) is 12.0. The molecule has 2 aromatic heterocycles. The number of aliphatic hydroxyl groups is 1. The van der Waals surface area contributed by atoms with E-state index in [1.807, 2.05) is 13.0 Å². The van der Waals surface area contributed by atoms with Crippen molar-refractivity contribution in [1.29, 1.82) is 0 Å². The van der Waals surface area contributed by atoms with Crippen LogP contribution in [-0.4, -0.2) is 44.4 Å². The second-order valence-corrected chi connectivity index (χ2v) is 5.22. The number of hydrogen-bond acceptors (Lipinski definition) is 6. The quantitative estimate of drug-likeness (QED) is 0.645. The molecule has 3 rings (SSSR count). The summed E-state index contributed by atoms with van der Waals surface area (Å²) in [5.74, 6) is 0.334. The molecule has 1 unspecified atom stereocenters. The fourth-order valence-corrected chi connectivity index (χ4v) is 2.39. The van der Waals surface area contributed by atoms with Crippen LogP contribution in [0.2, 0.25) is 0 Å². The Balaban J connectivity index is 1.90. The van der Waals surface area contributed by atoms with Crippen molar-refractivity contribution in [1.82, 2.24) is 19.5 Å². The number of ether oxygens (including phenoxy) is 1. The van der Waals surface area contributed by atoms with Gasteiger partial charge in [-0.2, -0.15) is 14.4 Å². The van der Waals surface area contributed by atoms with Gasteiger partial charge in [0.15, 0.2) is 17.0 Å². The zero-order valence-corrected chi connectivity index (χ0v) is 12.3. The van der Waals surface area contributed by atoms with E-state index < -0.39 is 6.08 Å². The first kappa shape index (κ1) is 14.9. The Kier molecular flexibility index (Phi) is 4.30. The minimum atomic E-state index is -0.808. The van der Waals surface area contributed by atoms with Crippen molar-refractivity contribution in [2.45, 2.75) is 26.0 Å². The number of imidazole rings is 1. The lowest BCUT2D eigenvalue weighted by atomic mass is 10.3. The summed E-state index contributed by atoms with van der Waals surface area (Å²) in [6, 6.07) is 0. The Bertz CT molecular complexity index is 694. The van der Waals surface area contributed by atoms with Crippen molar-refractivity contribution in [2.24, 2.45) is 0 Å². The molecule has 22 heavy (non-hydrogen) atoms. The van der Waals surface area contributed by atoms with E-state index in [2.05, 4.69) is 20.3 Å². The molecule has 2 N–H and O–H groups in total. The van der Waals surface area contributed by atoms with E-state index in [4.69, 9.17) is 9.84 Å². The summed E-state index contributed by atoms with van der Waals surface area (Å²) in [7, 11) is 0. The predicted octanol–water partition coefficient (Wildman–Crippen LogP) is 1.62. The molecule has 1 aliphatic rings. The van der Waals surface area contributed by atoms with Gasteiger partial charge >= 0.3 is 6.08 Å². The smallest absolute Gasteiger partial charge is 0.312 e. The summed E-state index contributed by atoms with van der Waals surface area (Å²) in [5.41, 5.74) is 1.75. The lowest BCUT2D eigenvalue weighted by Gasteiger charge is -2.11. The highest BCUT2D eigenvalue weighted by Crippen LogP contribution is 2.27. The van der Waals surface area contributed by atoms with Crippen LogP contribution in [0.4, 0.5) is 10.2 Å². The SMILES string of the molecule is C/C(=C\CNc1nc(F)nc2c1ncn2C1CCCO1)CO. The van der Waals surface area contributed by atoms with Crippen LogP contribution in [0.5, 0.6) is 0 Å². The van der Waals surface area contributed by atoms with Crippen LogP contribution in [0.25, 0.3) is 11.2 Å². The van der Waals surface area contributed by atoms with Gasteiger partial charge < -0.3 is 15.2 Å². The van der Waals surface area contributed by atoms with Gasteiger partial charge in [-0.3, -0.25) is 4.57 Å². The average Bonchev–Trinajstić information content (AvgIpc) is 3.15. The maximum absolute atomic E-state index is 13.7. The van der Waals surface area contributed by atoms with Gasteiger partial charge in [0.25, 0.3) is 0 Å². The molecular formula is C14H18FN5O2. The molecule has 0 aromatic carbocycles. The maximum atomic E-state index is 13.7. The Morgan fingerprint density at radius 2 is 2.45 bits per heavy atom. The normalized spacial score (nSPS) is 19.0. The number of anilines is 1. The molecule has 0 amide bonds. The number of halogens is 1. The lowest BCUT2D eigenvalue weighted by molar-refractivity contribution is 0.0592. The lowest BCUT2D eigenvalue weighted by Crippen LogP contribution is -2.09. The van der Waals surface area contributed by atoms with E-state index in [0.717, 1.165) is 18.4 Å². The first-order valence-corrected chi connectivity index (χ1v) is 7.21. The summed E-state index contributed by atoms with van der Waals surface area (Å²) >= 11 is 0. The van der Waals surface area contributed by atoms with Crippen molar-refractivity contribution >= 4 is 17.0 Å². The van der Waals surface area contributed by atoms with Gasteiger partial charge in [-0.25, -0.2) is 4.98 Å². The average molecular weight is 307 g/mol. The number of fused-ring (bicyclic) bond motifs is 1. The summed E-state index contributed by atoms with van der Waals surface area (Å²) in [6.07, 6.45) is 4.28. The number of aliphatic hydroxyl groups excluding tert-OH is 1. The maximum Gasteiger partial charge on any atom is 0.312 e. The molecule has 1 aliphatic heterocycles. The van der Waals surface area contributed by atoms with Crippen molar-refractivity contribution in [2.75, 3.05) is 25.1 Å². The molecule has 3 heterocycles. The van der Waals surface area contributed by atoms with E-state index in [1.54, 1.807) is 10.9 Å². The highest BCUT2D eigenvalue weighted by atomic mass is 19.1. The van der Waals surface area contributed by atoms with E-state index in [9.17, 15) is 4.39 Å². The highest BCUT2D eigenvalue weighted by molar-refractivity contribution is 5.82. The van der Waals surface area contributed by atoms with Crippen LogP contribution in [0.15, 0.2) is 18.0 Å². The topological polar surface area (TPSA) is 85.1 Å². The van der Waals surface area contributed by atoms with Crippen LogP contribution >= 0.6 is 0 Å². The Labute approximate surface area is 126 Å². The summed E-state index contributed by atoms with van der Waals surface area (Å²) in [4.78, 5) is 11.9. The first-order valence-electron chi connectivity index (χ1n) is 7.21. The van der Waals surface area contributed by atoms with E-state index in [0.29, 0.717) is 30.1 Å². The number of nitrogens with zero attached hydrogens (tertiary/aromatic N) is 4. The second kappa shape index (κ2) is 6.37. The van der Waals surface area contributed by atoms with Gasteiger partial charge in [-0.15, -0.1) is 0 Å². The Morgan fingerprint density at radius 3 is 3.18 bits per heavy atom. The Morgan fingerprint density at radius 1 is 1.59 bits per heavy atom. The number of rotatable bonds is 5. The summed E-state index contributed by atoms with van der Waals surface area (Å²) < 4.78 is 21.0. The molecule has 1 atom stereocenters. The van der Waals surface area contributed by atoms with Gasteiger partial charge in [0, 0.05) is 13.2 Å². The minimum Gasteiger partial charge on any atom is -0.392 e. The van der Waals surface area contributed by atoms with Gasteiger partial charge in [0.1, 0.15) is 6.23 Å². The molecule has 0 spiro atoms. The molecule has 2 aromatic rings. The molecule has 7 nitrogen and oxygen atoms in total.